The molecule has 4 amide bonds. The molecule has 0 aromatic rings. The monoisotopic (exact) mass is 461 g/mol. The van der Waals surface area contributed by atoms with E-state index in [1.54, 1.807) is 0 Å². The predicted molar refractivity (Wildman–Crippen MR) is 105 cm³/mol. The van der Waals surface area contributed by atoms with Crippen molar-refractivity contribution < 1.29 is 48.9 Å². The van der Waals surface area contributed by atoms with Crippen molar-refractivity contribution in [3.8, 4) is 0 Å². The first kappa shape index (κ1) is 28.2. The molecule has 0 bridgehead atoms. The number of aliphatic carboxylic acids is 3. The summed E-state index contributed by atoms with van der Waals surface area (Å²) in [5, 5.41) is 35.1. The number of rotatable bonds is 13. The Hall–Kier alpha value is -3.75. The topological polar surface area (TPSA) is 254 Å². The minimum Gasteiger partial charge on any atom is -0.481 e. The highest BCUT2D eigenvalue weighted by Crippen LogP contribution is 2.00. The van der Waals surface area contributed by atoms with Crippen molar-refractivity contribution in [2.24, 2.45) is 5.73 Å². The average molecular weight is 461 g/mol. The lowest BCUT2D eigenvalue weighted by molar-refractivity contribution is -0.143. The van der Waals surface area contributed by atoms with E-state index in [1.165, 1.54) is 20.8 Å². The average Bonchev–Trinajstić information content (AvgIpc) is 2.65. The van der Waals surface area contributed by atoms with Gasteiger partial charge >= 0.3 is 17.9 Å². The highest BCUT2D eigenvalue weighted by Gasteiger charge is 2.31. The number of amides is 4. The van der Waals surface area contributed by atoms with Crippen LogP contribution in [0, 0.1) is 0 Å². The van der Waals surface area contributed by atoms with E-state index < -0.39 is 84.6 Å². The van der Waals surface area contributed by atoms with Crippen LogP contribution in [0.2, 0.25) is 0 Å². The van der Waals surface area contributed by atoms with Crippen molar-refractivity contribution >= 4 is 41.5 Å². The number of hydrogen-bond donors (Lipinski definition) is 8. The molecule has 0 heterocycles. The fraction of sp³-hybridized carbons (Fsp3) is 0.588. The van der Waals surface area contributed by atoms with Crippen molar-refractivity contribution in [3.05, 3.63) is 0 Å². The molecule has 0 aromatic heterocycles. The van der Waals surface area contributed by atoms with Gasteiger partial charge in [-0.15, -0.1) is 0 Å². The molecule has 0 fully saturated rings. The van der Waals surface area contributed by atoms with Gasteiger partial charge in [0.2, 0.25) is 23.6 Å². The number of carboxylic acid groups (broad SMARTS) is 3. The van der Waals surface area contributed by atoms with Gasteiger partial charge in [0.15, 0.2) is 0 Å². The lowest BCUT2D eigenvalue weighted by Crippen LogP contribution is -2.58. The summed E-state index contributed by atoms with van der Waals surface area (Å²) in [6.07, 6.45) is -1.81. The molecular formula is C17H27N5O10. The van der Waals surface area contributed by atoms with Gasteiger partial charge < -0.3 is 42.3 Å². The molecule has 9 N–H and O–H groups in total. The normalized spacial score (nSPS) is 15.1. The van der Waals surface area contributed by atoms with Gasteiger partial charge in [0.25, 0.3) is 0 Å². The Kier molecular flexibility index (Phi) is 11.3. The number of hydrogen-bond acceptors (Lipinski definition) is 8. The third kappa shape index (κ3) is 10.3. The maximum Gasteiger partial charge on any atom is 0.325 e. The fourth-order valence-corrected chi connectivity index (χ4v) is 2.12. The van der Waals surface area contributed by atoms with Crippen molar-refractivity contribution in [3.63, 3.8) is 0 Å². The van der Waals surface area contributed by atoms with Crippen molar-refractivity contribution in [2.75, 3.05) is 0 Å². The largest absolute Gasteiger partial charge is 0.481 e. The zero-order chi connectivity index (χ0) is 25.2. The molecule has 0 unspecified atom stereocenters. The third-order valence-electron chi connectivity index (χ3n) is 3.92. The molecule has 32 heavy (non-hydrogen) atoms. The van der Waals surface area contributed by atoms with Crippen LogP contribution in [-0.4, -0.2) is 87.1 Å². The van der Waals surface area contributed by atoms with E-state index >= 15 is 0 Å². The Morgan fingerprint density at radius 1 is 0.625 bits per heavy atom. The van der Waals surface area contributed by atoms with Gasteiger partial charge in [0.05, 0.1) is 18.9 Å². The lowest BCUT2D eigenvalue weighted by Gasteiger charge is -2.23. The van der Waals surface area contributed by atoms with E-state index in [0.717, 1.165) is 0 Å². The molecule has 0 spiro atoms. The van der Waals surface area contributed by atoms with Crippen LogP contribution in [0.3, 0.4) is 0 Å². The Balaban J connectivity index is 5.37. The minimum atomic E-state index is -1.74. The van der Waals surface area contributed by atoms with Crippen LogP contribution >= 0.6 is 0 Å². The number of carboxylic acids is 3. The van der Waals surface area contributed by atoms with Crippen LogP contribution in [0.15, 0.2) is 0 Å². The second-order valence-corrected chi connectivity index (χ2v) is 6.91. The molecule has 0 saturated heterocycles. The molecule has 15 heteroatoms. The van der Waals surface area contributed by atoms with Crippen LogP contribution in [0.5, 0.6) is 0 Å². The minimum absolute atomic E-state index is 0.858. The Bertz CT molecular complexity index is 769. The Morgan fingerprint density at radius 3 is 1.38 bits per heavy atom. The molecule has 15 nitrogen and oxygen atoms in total. The Labute approximate surface area is 182 Å². The fourth-order valence-electron chi connectivity index (χ4n) is 2.12. The summed E-state index contributed by atoms with van der Waals surface area (Å²) in [6.45, 7) is 3.66. The van der Waals surface area contributed by atoms with Crippen LogP contribution in [0.1, 0.15) is 33.6 Å². The summed E-state index contributed by atoms with van der Waals surface area (Å²) in [5.41, 5.74) is 5.36. The number of carbonyl (C=O) groups is 7. The first-order chi connectivity index (χ1) is 14.6. The quantitative estimate of drug-likeness (QED) is 0.133. The maximum atomic E-state index is 12.4. The lowest BCUT2D eigenvalue weighted by atomic mass is 10.1. The summed E-state index contributed by atoms with van der Waals surface area (Å²) in [6, 6.07) is -7.04. The van der Waals surface area contributed by atoms with Crippen molar-refractivity contribution in [1.82, 2.24) is 21.3 Å². The van der Waals surface area contributed by atoms with Crippen LogP contribution in [-0.2, 0) is 33.6 Å². The third-order valence-corrected chi connectivity index (χ3v) is 3.92. The molecule has 0 saturated carbocycles. The molecule has 0 aliphatic carbocycles. The van der Waals surface area contributed by atoms with Gasteiger partial charge in [-0.25, -0.2) is 0 Å². The van der Waals surface area contributed by atoms with E-state index in [2.05, 4.69) is 16.0 Å². The van der Waals surface area contributed by atoms with E-state index in [9.17, 15) is 33.6 Å². The summed E-state index contributed by atoms with van der Waals surface area (Å²) < 4.78 is 0. The molecule has 0 radical (unpaired) electrons. The zero-order valence-corrected chi connectivity index (χ0v) is 17.6. The molecule has 0 aromatic carbocycles. The zero-order valence-electron chi connectivity index (χ0n) is 17.6. The first-order valence-corrected chi connectivity index (χ1v) is 9.29. The summed E-state index contributed by atoms with van der Waals surface area (Å²) in [4.78, 5) is 81.4. The summed E-state index contributed by atoms with van der Waals surface area (Å²) >= 11 is 0. The van der Waals surface area contributed by atoms with Crippen LogP contribution in [0.25, 0.3) is 0 Å². The molecule has 0 aliphatic heterocycles. The molecule has 0 aliphatic rings. The van der Waals surface area contributed by atoms with E-state index in [-0.39, 0.29) is 0 Å². The van der Waals surface area contributed by atoms with Crippen molar-refractivity contribution in [1.29, 1.82) is 0 Å². The standard InChI is InChI=1S/C17H27N5O10/c1-6(18)13(27)21-10(5-12(25)26)16(30)22-9(4-11(23)24)15(29)19-7(2)14(28)20-8(3)17(31)32/h6-10H,4-5,18H2,1-3H3,(H,19,29)(H,20,28)(H,21,27)(H,22,30)(H,23,24)(H,25,26)(H,31,32)/t6-,7-,8-,9-,10-/m0/s1. The summed E-state index contributed by atoms with van der Waals surface area (Å²) in [5.74, 6) is -8.32. The van der Waals surface area contributed by atoms with Crippen molar-refractivity contribution in [2.45, 2.75) is 63.8 Å². The maximum absolute atomic E-state index is 12.4. The van der Waals surface area contributed by atoms with Crippen LogP contribution < -0.4 is 27.0 Å². The number of nitrogens with one attached hydrogen (secondary N) is 4. The highest BCUT2D eigenvalue weighted by atomic mass is 16.4. The highest BCUT2D eigenvalue weighted by molar-refractivity contribution is 5.97. The van der Waals surface area contributed by atoms with Gasteiger partial charge in [-0.3, -0.25) is 33.6 Å². The predicted octanol–water partition coefficient (Wildman–Crippen LogP) is -3.65. The second kappa shape index (κ2) is 12.8. The molecule has 0 rings (SSSR count). The van der Waals surface area contributed by atoms with E-state index in [1.807, 2.05) is 5.32 Å². The van der Waals surface area contributed by atoms with Gasteiger partial charge in [0, 0.05) is 0 Å². The van der Waals surface area contributed by atoms with Gasteiger partial charge in [-0.05, 0) is 20.8 Å². The van der Waals surface area contributed by atoms with E-state index in [0.29, 0.717) is 0 Å². The Morgan fingerprint density at radius 2 is 1.00 bits per heavy atom. The van der Waals surface area contributed by atoms with Crippen LogP contribution in [0.4, 0.5) is 0 Å². The first-order valence-electron chi connectivity index (χ1n) is 9.29. The number of carbonyl (C=O) groups excluding carboxylic acids is 4. The van der Waals surface area contributed by atoms with Gasteiger partial charge in [-0.2, -0.15) is 0 Å². The molecule has 180 valence electrons. The van der Waals surface area contributed by atoms with Gasteiger partial charge in [0.1, 0.15) is 24.2 Å². The number of nitrogens with two attached hydrogens (primary N) is 1. The smallest absolute Gasteiger partial charge is 0.325 e. The molecule has 5 atom stereocenters. The summed E-state index contributed by atoms with van der Waals surface area (Å²) in [7, 11) is 0. The molecular weight excluding hydrogens is 434 g/mol. The SMILES string of the molecule is C[C@H](N)C(=O)N[C@@H](CC(=O)O)C(=O)N[C@@H](CC(=O)O)C(=O)N[C@@H](C)C(=O)N[C@@H](C)C(=O)O. The second-order valence-electron chi connectivity index (χ2n) is 6.91. The van der Waals surface area contributed by atoms with Gasteiger partial charge in [-0.1, -0.05) is 0 Å². The van der Waals surface area contributed by atoms with E-state index in [4.69, 9.17) is 21.1 Å².